The number of rotatable bonds is 6. The van der Waals surface area contributed by atoms with E-state index < -0.39 is 5.97 Å². The number of hydrogen-bond acceptors (Lipinski definition) is 5. The smallest absolute Gasteiger partial charge is 0.341 e. The van der Waals surface area contributed by atoms with Gasteiger partial charge in [-0.25, -0.2) is 9.59 Å². The Labute approximate surface area is 179 Å². The SMILES string of the molecule is COC(=O)c1c(CNC(=O)Nc2cccc(Cl)c2SC(C)C)nn2c1CCCC2. The molecule has 1 aliphatic rings. The zero-order valence-electron chi connectivity index (χ0n) is 16.8. The molecule has 0 fully saturated rings. The van der Waals surface area contributed by atoms with Crippen molar-refractivity contribution in [2.45, 2.75) is 56.3 Å². The molecule has 1 aromatic heterocycles. The number of methoxy groups -OCH3 is 1. The van der Waals surface area contributed by atoms with Crippen LogP contribution in [0.3, 0.4) is 0 Å². The van der Waals surface area contributed by atoms with E-state index in [1.54, 1.807) is 23.9 Å². The molecule has 0 aliphatic carbocycles. The first kappa shape index (κ1) is 21.5. The monoisotopic (exact) mass is 436 g/mol. The minimum absolute atomic E-state index is 0.128. The highest BCUT2D eigenvalue weighted by molar-refractivity contribution is 8.00. The molecule has 0 atom stereocenters. The van der Waals surface area contributed by atoms with Crippen molar-refractivity contribution in [3.05, 3.63) is 40.2 Å². The Morgan fingerprint density at radius 2 is 2.14 bits per heavy atom. The van der Waals surface area contributed by atoms with Gasteiger partial charge < -0.3 is 15.4 Å². The molecule has 1 aromatic carbocycles. The van der Waals surface area contributed by atoms with Crippen LogP contribution in [0.4, 0.5) is 10.5 Å². The predicted octanol–water partition coefficient (Wildman–Crippen LogP) is 4.48. The number of benzene rings is 1. The Balaban J connectivity index is 1.73. The molecule has 0 spiro atoms. The number of amides is 2. The molecule has 2 amide bonds. The van der Waals surface area contributed by atoms with Crippen LogP contribution in [0.15, 0.2) is 23.1 Å². The molecule has 0 saturated heterocycles. The Morgan fingerprint density at radius 3 is 2.86 bits per heavy atom. The molecule has 2 aromatic rings. The van der Waals surface area contributed by atoms with Crippen LogP contribution >= 0.6 is 23.4 Å². The van der Waals surface area contributed by atoms with E-state index in [-0.39, 0.29) is 12.6 Å². The Hall–Kier alpha value is -2.19. The number of thioether (sulfide) groups is 1. The van der Waals surface area contributed by atoms with Gasteiger partial charge in [-0.05, 0) is 31.4 Å². The fraction of sp³-hybridized carbons (Fsp3) is 0.450. The maximum absolute atomic E-state index is 12.5. The van der Waals surface area contributed by atoms with E-state index in [1.165, 1.54) is 7.11 Å². The molecule has 2 heterocycles. The van der Waals surface area contributed by atoms with E-state index in [2.05, 4.69) is 29.6 Å². The lowest BCUT2D eigenvalue weighted by atomic mass is 10.0. The summed E-state index contributed by atoms with van der Waals surface area (Å²) in [6, 6.07) is 5.01. The number of fused-ring (bicyclic) bond motifs is 1. The van der Waals surface area contributed by atoms with Gasteiger partial charge in [0, 0.05) is 16.7 Å². The molecular weight excluding hydrogens is 412 g/mol. The summed E-state index contributed by atoms with van der Waals surface area (Å²) in [7, 11) is 1.35. The molecule has 0 saturated carbocycles. The highest BCUT2D eigenvalue weighted by Gasteiger charge is 2.26. The van der Waals surface area contributed by atoms with E-state index in [0.717, 1.165) is 36.4 Å². The van der Waals surface area contributed by atoms with E-state index in [4.69, 9.17) is 16.3 Å². The Morgan fingerprint density at radius 1 is 1.34 bits per heavy atom. The van der Waals surface area contributed by atoms with Crippen molar-refractivity contribution >= 4 is 41.1 Å². The molecule has 1 aliphatic heterocycles. The number of ether oxygens (including phenoxy) is 1. The van der Waals surface area contributed by atoms with Gasteiger partial charge in [0.25, 0.3) is 0 Å². The summed E-state index contributed by atoms with van der Waals surface area (Å²) in [4.78, 5) is 25.6. The van der Waals surface area contributed by atoms with Gasteiger partial charge in [0.1, 0.15) is 5.56 Å². The minimum atomic E-state index is -0.421. The second kappa shape index (κ2) is 9.54. The van der Waals surface area contributed by atoms with Crippen LogP contribution in [-0.2, 0) is 24.2 Å². The number of carbonyl (C=O) groups excluding carboxylic acids is 2. The fourth-order valence-electron chi connectivity index (χ4n) is 3.30. The first-order valence-corrected chi connectivity index (χ1v) is 10.8. The van der Waals surface area contributed by atoms with E-state index in [0.29, 0.717) is 27.2 Å². The number of nitrogens with one attached hydrogen (secondary N) is 2. The van der Waals surface area contributed by atoms with Gasteiger partial charge in [0.05, 0.1) is 35.8 Å². The van der Waals surface area contributed by atoms with Gasteiger partial charge in [-0.1, -0.05) is 31.5 Å². The number of hydrogen-bond donors (Lipinski definition) is 2. The molecule has 2 N–H and O–H groups in total. The van der Waals surface area contributed by atoms with Crippen molar-refractivity contribution < 1.29 is 14.3 Å². The number of aromatic nitrogens is 2. The second-order valence-electron chi connectivity index (χ2n) is 7.03. The van der Waals surface area contributed by atoms with Crippen molar-refractivity contribution in [3.63, 3.8) is 0 Å². The standard InChI is InChI=1S/C20H25ClN4O3S/c1-12(2)29-18-13(21)7-6-8-14(18)23-20(27)22-11-15-17(19(26)28-3)16-9-4-5-10-25(16)24-15/h6-8,12H,4-5,9-11H2,1-3H3,(H2,22,23,27). The zero-order chi connectivity index (χ0) is 21.0. The molecule has 156 valence electrons. The number of esters is 1. The number of anilines is 1. The second-order valence-corrected chi connectivity index (χ2v) is 9.02. The van der Waals surface area contributed by atoms with Crippen molar-refractivity contribution in [2.75, 3.05) is 12.4 Å². The average molecular weight is 437 g/mol. The number of halogens is 1. The summed E-state index contributed by atoms with van der Waals surface area (Å²) in [5.41, 5.74) is 2.51. The van der Waals surface area contributed by atoms with Gasteiger partial charge in [0.2, 0.25) is 0 Å². The number of nitrogens with zero attached hydrogens (tertiary/aromatic N) is 2. The number of urea groups is 1. The van der Waals surface area contributed by atoms with Gasteiger partial charge >= 0.3 is 12.0 Å². The van der Waals surface area contributed by atoms with E-state index in [9.17, 15) is 9.59 Å². The molecule has 29 heavy (non-hydrogen) atoms. The summed E-state index contributed by atoms with van der Waals surface area (Å²) in [5, 5.41) is 11.1. The van der Waals surface area contributed by atoms with Crippen molar-refractivity contribution in [3.8, 4) is 0 Å². The lowest BCUT2D eigenvalue weighted by molar-refractivity contribution is 0.0597. The highest BCUT2D eigenvalue weighted by atomic mass is 35.5. The molecule has 0 bridgehead atoms. The van der Waals surface area contributed by atoms with Crippen LogP contribution < -0.4 is 10.6 Å². The van der Waals surface area contributed by atoms with Crippen LogP contribution in [0.2, 0.25) is 5.02 Å². The molecule has 3 rings (SSSR count). The van der Waals surface area contributed by atoms with Crippen molar-refractivity contribution in [2.24, 2.45) is 0 Å². The van der Waals surface area contributed by atoms with Crippen LogP contribution in [-0.4, -0.2) is 34.1 Å². The van der Waals surface area contributed by atoms with E-state index >= 15 is 0 Å². The van der Waals surface area contributed by atoms with Crippen LogP contribution in [0.25, 0.3) is 0 Å². The zero-order valence-corrected chi connectivity index (χ0v) is 18.3. The predicted molar refractivity (Wildman–Crippen MR) is 115 cm³/mol. The lowest BCUT2D eigenvalue weighted by Crippen LogP contribution is -2.29. The van der Waals surface area contributed by atoms with Crippen LogP contribution in [0, 0.1) is 0 Å². The molecule has 7 nitrogen and oxygen atoms in total. The topological polar surface area (TPSA) is 85.2 Å². The third-order valence-electron chi connectivity index (χ3n) is 4.54. The largest absolute Gasteiger partial charge is 0.465 e. The fourth-order valence-corrected chi connectivity index (χ4v) is 4.51. The lowest BCUT2D eigenvalue weighted by Gasteiger charge is -2.14. The van der Waals surface area contributed by atoms with Gasteiger partial charge in [0.15, 0.2) is 0 Å². The van der Waals surface area contributed by atoms with Gasteiger partial charge in [-0.3, -0.25) is 4.68 Å². The van der Waals surface area contributed by atoms with E-state index in [1.807, 2.05) is 10.7 Å². The normalized spacial score (nSPS) is 13.1. The molecule has 0 unspecified atom stereocenters. The van der Waals surface area contributed by atoms with Crippen molar-refractivity contribution in [1.82, 2.24) is 15.1 Å². The molecule has 0 radical (unpaired) electrons. The highest BCUT2D eigenvalue weighted by Crippen LogP contribution is 2.36. The first-order chi connectivity index (χ1) is 13.9. The number of carbonyl (C=O) groups is 2. The number of aryl methyl sites for hydroxylation is 1. The summed E-state index contributed by atoms with van der Waals surface area (Å²) >= 11 is 7.89. The third kappa shape index (κ3) is 5.05. The average Bonchev–Trinajstić information content (AvgIpc) is 3.06. The van der Waals surface area contributed by atoms with Crippen LogP contribution in [0.5, 0.6) is 0 Å². The van der Waals surface area contributed by atoms with Crippen molar-refractivity contribution in [1.29, 1.82) is 0 Å². The van der Waals surface area contributed by atoms with Gasteiger partial charge in [-0.15, -0.1) is 11.8 Å². The summed E-state index contributed by atoms with van der Waals surface area (Å²) in [6.45, 7) is 5.02. The summed E-state index contributed by atoms with van der Waals surface area (Å²) in [5.74, 6) is -0.421. The Kier molecular flexibility index (Phi) is 7.08. The summed E-state index contributed by atoms with van der Waals surface area (Å²) in [6.07, 6.45) is 2.81. The first-order valence-electron chi connectivity index (χ1n) is 9.57. The maximum Gasteiger partial charge on any atom is 0.341 e. The maximum atomic E-state index is 12.5. The Bertz CT molecular complexity index is 913. The minimum Gasteiger partial charge on any atom is -0.465 e. The van der Waals surface area contributed by atoms with Crippen LogP contribution in [0.1, 0.15) is 48.4 Å². The summed E-state index contributed by atoms with van der Waals surface area (Å²) < 4.78 is 6.78. The quantitative estimate of drug-likeness (QED) is 0.515. The third-order valence-corrected chi connectivity index (χ3v) is 6.11. The molecule has 9 heteroatoms. The van der Waals surface area contributed by atoms with Gasteiger partial charge in [-0.2, -0.15) is 5.10 Å². The molecular formula is C20H25ClN4O3S.